The second-order valence-electron chi connectivity index (χ2n) is 8.04. The molecule has 0 radical (unpaired) electrons. The summed E-state index contributed by atoms with van der Waals surface area (Å²) in [4.78, 5) is 12.7. The molecule has 0 unspecified atom stereocenters. The van der Waals surface area contributed by atoms with Crippen molar-refractivity contribution >= 4 is 67.1 Å². The minimum absolute atomic E-state index is 0. The summed E-state index contributed by atoms with van der Waals surface area (Å²) in [5.41, 5.74) is -0.0752. The number of carbonyl (C=O) groups excluding carboxylic acids is 1. The number of rotatable bonds is 7. The van der Waals surface area contributed by atoms with Crippen molar-refractivity contribution in [2.75, 3.05) is 11.9 Å². The maximum Gasteiger partial charge on any atom is 1.00 e. The molecule has 0 aromatic heterocycles. The van der Waals surface area contributed by atoms with E-state index in [1.165, 1.54) is 25.1 Å². The van der Waals surface area contributed by atoms with Crippen LogP contribution in [0.2, 0.25) is 10.0 Å². The average Bonchev–Trinajstić information content (AvgIpc) is 2.85. The van der Waals surface area contributed by atoms with Gasteiger partial charge in [-0.3, -0.25) is 9.35 Å². The van der Waals surface area contributed by atoms with E-state index in [-0.39, 0.29) is 67.8 Å². The molecule has 4 aromatic rings. The molecule has 0 spiro atoms. The second-order valence-corrected chi connectivity index (χ2v) is 10.2. The Kier molecular flexibility index (Phi) is 10.0. The topological polar surface area (TPSA) is 140 Å². The summed E-state index contributed by atoms with van der Waals surface area (Å²) in [7, 11) is -4.64. The quantitative estimate of drug-likeness (QED) is 0.189. The van der Waals surface area contributed by atoms with Crippen LogP contribution in [0.1, 0.15) is 22.8 Å². The smallest absolute Gasteiger partial charge is 0.870 e. The van der Waals surface area contributed by atoms with Gasteiger partial charge in [-0.2, -0.15) is 13.5 Å². The molecule has 0 heterocycles. The third-order valence-electron chi connectivity index (χ3n) is 5.52. The predicted molar refractivity (Wildman–Crippen MR) is 144 cm³/mol. The minimum Gasteiger partial charge on any atom is -0.870 e. The molecule has 4 aromatic carbocycles. The summed E-state index contributed by atoms with van der Waals surface area (Å²) >= 11 is 12.5. The van der Waals surface area contributed by atoms with Crippen LogP contribution in [0, 0.1) is 6.92 Å². The van der Waals surface area contributed by atoms with Gasteiger partial charge in [0.25, 0.3) is 16.0 Å². The average molecular weight is 596 g/mol. The predicted octanol–water partition coefficient (Wildman–Crippen LogP) is 3.85. The molecule has 39 heavy (non-hydrogen) atoms. The number of hydrogen-bond donors (Lipinski definition) is 2. The van der Waals surface area contributed by atoms with Gasteiger partial charge in [0, 0.05) is 10.9 Å². The van der Waals surface area contributed by atoms with Crippen LogP contribution in [0.3, 0.4) is 0 Å². The van der Waals surface area contributed by atoms with E-state index in [0.29, 0.717) is 23.1 Å². The fraction of sp³-hybridized carbons (Fsp3) is 0.115. The SMILES string of the molecule is CCOc1cccc(Cl)c1NC(=O)c1cc2ccccc2c(N=Nc2ccc(C)c(S(=O)(=O)O)c2Cl)c1[O-].[Na+]. The Morgan fingerprint density at radius 1 is 1.08 bits per heavy atom. The number of benzene rings is 4. The molecular weight excluding hydrogens is 576 g/mol. The molecule has 0 aliphatic carbocycles. The van der Waals surface area contributed by atoms with Crippen LogP contribution in [0.5, 0.6) is 11.5 Å². The first-order chi connectivity index (χ1) is 18.0. The van der Waals surface area contributed by atoms with E-state index in [2.05, 4.69) is 15.5 Å². The number of amides is 1. The first-order valence-electron chi connectivity index (χ1n) is 11.2. The standard InChI is InChI=1S/C26H21Cl2N3O6S.Na/c1-3-37-20-10-6-9-18(27)23(20)29-26(33)17-13-15-7-4-5-8-16(15)22(24(17)32)31-30-19-12-11-14(2)25(21(19)28)38(34,35)36;/h4-13,32H,3H2,1-2H3,(H,29,33)(H,34,35,36);/q;+1/p-1. The number of para-hydroxylation sites is 1. The van der Waals surface area contributed by atoms with Gasteiger partial charge in [0.2, 0.25) is 0 Å². The van der Waals surface area contributed by atoms with Crippen molar-refractivity contribution in [1.29, 1.82) is 0 Å². The van der Waals surface area contributed by atoms with Crippen molar-refractivity contribution < 1.29 is 57.2 Å². The Hall–Kier alpha value is -2.70. The molecule has 196 valence electrons. The number of aryl methyl sites for hydroxylation is 1. The van der Waals surface area contributed by atoms with Gasteiger partial charge >= 0.3 is 29.6 Å². The summed E-state index contributed by atoms with van der Waals surface area (Å²) in [6.07, 6.45) is 0. The fourth-order valence-electron chi connectivity index (χ4n) is 3.80. The molecule has 2 N–H and O–H groups in total. The van der Waals surface area contributed by atoms with E-state index in [0.717, 1.165) is 0 Å². The summed E-state index contributed by atoms with van der Waals surface area (Å²) in [5, 5.41) is 24.9. The Morgan fingerprint density at radius 3 is 2.49 bits per heavy atom. The number of anilines is 1. The van der Waals surface area contributed by atoms with Crippen LogP contribution < -0.4 is 44.7 Å². The van der Waals surface area contributed by atoms with E-state index >= 15 is 0 Å². The molecular formula is C26H20Cl2N3NaO6S. The van der Waals surface area contributed by atoms with Gasteiger partial charge in [0.15, 0.2) is 0 Å². The van der Waals surface area contributed by atoms with Crippen LogP contribution in [0.25, 0.3) is 10.8 Å². The van der Waals surface area contributed by atoms with Crippen molar-refractivity contribution in [2.24, 2.45) is 10.2 Å². The van der Waals surface area contributed by atoms with E-state index in [4.69, 9.17) is 27.9 Å². The number of ether oxygens (including phenoxy) is 1. The number of carbonyl (C=O) groups is 1. The van der Waals surface area contributed by atoms with Gasteiger partial charge in [-0.1, -0.05) is 65.3 Å². The minimum atomic E-state index is -4.64. The normalized spacial score (nSPS) is 11.4. The molecule has 0 fully saturated rings. The van der Waals surface area contributed by atoms with E-state index in [9.17, 15) is 22.9 Å². The molecule has 9 nitrogen and oxygen atoms in total. The number of nitrogens with zero attached hydrogens (tertiary/aromatic N) is 2. The number of fused-ring (bicyclic) bond motifs is 1. The molecule has 0 bridgehead atoms. The molecule has 0 saturated carbocycles. The zero-order chi connectivity index (χ0) is 27.6. The first-order valence-corrected chi connectivity index (χ1v) is 13.4. The van der Waals surface area contributed by atoms with Gasteiger partial charge < -0.3 is 15.2 Å². The van der Waals surface area contributed by atoms with Gasteiger partial charge in [-0.15, -0.1) is 5.11 Å². The van der Waals surface area contributed by atoms with E-state index in [1.807, 2.05) is 0 Å². The molecule has 4 rings (SSSR count). The summed E-state index contributed by atoms with van der Waals surface area (Å²) < 4.78 is 38.6. The van der Waals surface area contributed by atoms with Gasteiger partial charge in [0.05, 0.1) is 22.3 Å². The van der Waals surface area contributed by atoms with E-state index in [1.54, 1.807) is 49.4 Å². The maximum absolute atomic E-state index is 13.4. The van der Waals surface area contributed by atoms with Gasteiger partial charge in [-0.05, 0) is 49.1 Å². The zero-order valence-electron chi connectivity index (χ0n) is 21.0. The van der Waals surface area contributed by atoms with Crippen LogP contribution in [0.4, 0.5) is 17.1 Å². The zero-order valence-corrected chi connectivity index (χ0v) is 25.4. The molecule has 0 atom stereocenters. The first kappa shape index (κ1) is 30.8. The van der Waals surface area contributed by atoms with Crippen molar-refractivity contribution in [3.63, 3.8) is 0 Å². The Bertz CT molecular complexity index is 1710. The fourth-order valence-corrected chi connectivity index (χ4v) is 5.36. The monoisotopic (exact) mass is 595 g/mol. The van der Waals surface area contributed by atoms with E-state index < -0.39 is 26.7 Å². The molecule has 0 aliphatic rings. The second kappa shape index (κ2) is 12.6. The van der Waals surface area contributed by atoms with Crippen molar-refractivity contribution in [2.45, 2.75) is 18.7 Å². The largest absolute Gasteiger partial charge is 1.00 e. The molecule has 1 amide bonds. The van der Waals surface area contributed by atoms with Crippen molar-refractivity contribution in [3.8, 4) is 11.5 Å². The van der Waals surface area contributed by atoms with Crippen LogP contribution in [0.15, 0.2) is 75.8 Å². The molecule has 0 aliphatic heterocycles. The third kappa shape index (κ3) is 6.55. The summed E-state index contributed by atoms with van der Waals surface area (Å²) in [6, 6.07) is 15.8. The molecule has 13 heteroatoms. The van der Waals surface area contributed by atoms with Crippen LogP contribution in [-0.4, -0.2) is 25.5 Å². The number of halogens is 2. The Balaban J connectivity index is 0.00000420. The van der Waals surface area contributed by atoms with Crippen molar-refractivity contribution in [1.82, 2.24) is 0 Å². The molecule has 0 saturated heterocycles. The van der Waals surface area contributed by atoms with Crippen LogP contribution in [-0.2, 0) is 10.1 Å². The van der Waals surface area contributed by atoms with Crippen LogP contribution >= 0.6 is 23.2 Å². The Morgan fingerprint density at radius 2 is 1.79 bits per heavy atom. The van der Waals surface area contributed by atoms with Gasteiger partial charge in [-0.25, -0.2) is 0 Å². The third-order valence-corrected chi connectivity index (χ3v) is 7.37. The Labute approximate surface area is 256 Å². The number of nitrogens with one attached hydrogen (secondary N) is 1. The van der Waals surface area contributed by atoms with Crippen molar-refractivity contribution in [3.05, 3.63) is 81.8 Å². The summed E-state index contributed by atoms with van der Waals surface area (Å²) in [5.74, 6) is -1.13. The number of hydrogen-bond acceptors (Lipinski definition) is 7. The number of azo groups is 1. The van der Waals surface area contributed by atoms with Gasteiger partial charge in [0.1, 0.15) is 22.0 Å². The maximum atomic E-state index is 13.4. The summed E-state index contributed by atoms with van der Waals surface area (Å²) in [6.45, 7) is 3.57.